The van der Waals surface area contributed by atoms with E-state index in [1.165, 1.54) is 49.8 Å². The number of benzene rings is 1. The number of nitrogens with one attached hydrogen (secondary N) is 2. The van der Waals surface area contributed by atoms with Gasteiger partial charge in [0.15, 0.2) is 5.01 Å². The van der Waals surface area contributed by atoms with E-state index in [0.29, 0.717) is 28.6 Å². The number of sulfonamides is 1. The number of ether oxygens (including phenoxy) is 1. The normalized spacial score (nSPS) is 13.4. The third-order valence-electron chi connectivity index (χ3n) is 4.37. The molecule has 1 amide bonds. The number of hydrogen-bond donors (Lipinski definition) is 3. The van der Waals surface area contributed by atoms with Crippen LogP contribution >= 0.6 is 11.3 Å². The van der Waals surface area contributed by atoms with Crippen molar-refractivity contribution in [2.75, 3.05) is 11.3 Å². The number of nitrogens with zero attached hydrogens (tertiary/aromatic N) is 3. The minimum absolute atomic E-state index is 0.0822. The van der Waals surface area contributed by atoms with E-state index in [2.05, 4.69) is 20.3 Å². The predicted molar refractivity (Wildman–Crippen MR) is 121 cm³/mol. The van der Waals surface area contributed by atoms with Gasteiger partial charge in [0.05, 0.1) is 36.0 Å². The van der Waals surface area contributed by atoms with Crippen molar-refractivity contribution >= 4 is 33.0 Å². The zero-order valence-corrected chi connectivity index (χ0v) is 19.6. The summed E-state index contributed by atoms with van der Waals surface area (Å²) in [5.41, 5.74) is 0.625. The van der Waals surface area contributed by atoms with Gasteiger partial charge in [0.25, 0.3) is 15.9 Å². The van der Waals surface area contributed by atoms with Crippen LogP contribution in [0.3, 0.4) is 0 Å². The van der Waals surface area contributed by atoms with Crippen LogP contribution in [0.5, 0.6) is 5.88 Å². The summed E-state index contributed by atoms with van der Waals surface area (Å²) in [5, 5.41) is 12.9. The minimum Gasteiger partial charge on any atom is -0.477 e. The van der Waals surface area contributed by atoms with Crippen LogP contribution in [0.2, 0.25) is 0 Å². The second kappa shape index (κ2) is 10.8. The molecule has 3 N–H and O–H groups in total. The quantitative estimate of drug-likeness (QED) is 0.376. The molecular formula is C20H21F2N5O5S2. The molecule has 0 unspecified atom stereocenters. The number of aromatic nitrogens is 3. The summed E-state index contributed by atoms with van der Waals surface area (Å²) in [4.78, 5) is 25.8. The minimum atomic E-state index is -4.87. The molecule has 0 aliphatic carbocycles. The molecule has 0 aliphatic rings. The number of carbonyl (C=O) groups is 1. The molecule has 14 heteroatoms. The second-order valence-electron chi connectivity index (χ2n) is 6.93. The Hall–Kier alpha value is -3.23. The maximum atomic E-state index is 12.8. The van der Waals surface area contributed by atoms with Crippen LogP contribution in [0.15, 0.2) is 42.9 Å². The molecule has 10 nitrogen and oxygen atoms in total. The Balaban J connectivity index is 1.79. The lowest BCUT2D eigenvalue weighted by molar-refractivity contribution is 0.0858. The molecule has 0 saturated carbocycles. The van der Waals surface area contributed by atoms with E-state index < -0.39 is 33.8 Å². The number of thiazole rings is 1. The molecule has 2 aromatic heterocycles. The Morgan fingerprint density at radius 2 is 2.03 bits per heavy atom. The highest BCUT2D eigenvalue weighted by Crippen LogP contribution is 2.27. The molecule has 0 fully saturated rings. The zero-order valence-electron chi connectivity index (χ0n) is 18.0. The van der Waals surface area contributed by atoms with Gasteiger partial charge in [-0.15, -0.1) is 11.3 Å². The molecule has 1 aromatic carbocycles. The SMILES string of the molecule is CCOc1cncc(-c2cnc(C(=O)N[C@H](c3cccc(NS(=O)(=O)C(F)F)c3)[C@@H](C)O)s2)n1. The Kier molecular flexibility index (Phi) is 8.06. The number of aliphatic hydroxyl groups is 1. The van der Waals surface area contributed by atoms with E-state index >= 15 is 0 Å². The number of halogens is 2. The topological polar surface area (TPSA) is 143 Å². The summed E-state index contributed by atoms with van der Waals surface area (Å²) < 4.78 is 55.3. The number of carbonyl (C=O) groups excluding carboxylic acids is 1. The maximum absolute atomic E-state index is 12.8. The summed E-state index contributed by atoms with van der Waals surface area (Å²) in [6, 6.07) is 4.47. The van der Waals surface area contributed by atoms with Crippen molar-refractivity contribution in [3.8, 4) is 16.5 Å². The number of amides is 1. The highest BCUT2D eigenvalue weighted by Gasteiger charge is 2.26. The summed E-state index contributed by atoms with van der Waals surface area (Å²) in [6.45, 7) is 3.65. The van der Waals surface area contributed by atoms with Crippen molar-refractivity contribution in [3.05, 3.63) is 53.4 Å². The number of anilines is 1. The largest absolute Gasteiger partial charge is 0.477 e. The molecule has 3 aromatic rings. The first-order valence-electron chi connectivity index (χ1n) is 9.90. The third-order valence-corrected chi connectivity index (χ3v) is 6.37. The first-order valence-corrected chi connectivity index (χ1v) is 12.3. The van der Waals surface area contributed by atoms with Crippen LogP contribution in [0.4, 0.5) is 14.5 Å². The van der Waals surface area contributed by atoms with Crippen LogP contribution in [-0.4, -0.2) is 52.9 Å². The molecule has 3 rings (SSSR count). The molecular weight excluding hydrogens is 492 g/mol. The fraction of sp³-hybridized carbons (Fsp3) is 0.300. The van der Waals surface area contributed by atoms with Crippen LogP contribution in [0.1, 0.15) is 35.3 Å². The summed E-state index contributed by atoms with van der Waals surface area (Å²) >= 11 is 1.05. The van der Waals surface area contributed by atoms with Gasteiger partial charge in [0, 0.05) is 11.9 Å². The van der Waals surface area contributed by atoms with E-state index in [1.54, 1.807) is 4.72 Å². The fourth-order valence-electron chi connectivity index (χ4n) is 2.87. The van der Waals surface area contributed by atoms with Crippen LogP contribution in [-0.2, 0) is 10.0 Å². The number of hydrogen-bond acceptors (Lipinski definition) is 9. The lowest BCUT2D eigenvalue weighted by Crippen LogP contribution is -2.35. The molecule has 2 atom stereocenters. The first kappa shape index (κ1) is 25.4. The highest BCUT2D eigenvalue weighted by molar-refractivity contribution is 7.93. The molecule has 0 radical (unpaired) electrons. The van der Waals surface area contributed by atoms with Gasteiger partial charge >= 0.3 is 5.76 Å². The van der Waals surface area contributed by atoms with Crippen molar-refractivity contribution in [1.82, 2.24) is 20.3 Å². The van der Waals surface area contributed by atoms with E-state index in [1.807, 2.05) is 6.92 Å². The standard InChI is InChI=1S/C20H21F2N5O5S2/c1-3-32-16-10-23-8-14(25-16)15-9-24-19(33-15)18(29)26-17(11(2)28)12-5-4-6-13(7-12)27-34(30,31)20(21)22/h4-11,17,20,27-28H,3H2,1-2H3,(H,26,29)/t11-,17+/m1/s1. The van der Waals surface area contributed by atoms with Gasteiger partial charge in [-0.05, 0) is 31.5 Å². The van der Waals surface area contributed by atoms with Gasteiger partial charge in [-0.2, -0.15) is 8.78 Å². The van der Waals surface area contributed by atoms with Crippen LogP contribution < -0.4 is 14.8 Å². The smallest absolute Gasteiger partial charge is 0.355 e. The van der Waals surface area contributed by atoms with Gasteiger partial charge in [-0.1, -0.05) is 12.1 Å². The van der Waals surface area contributed by atoms with Crippen molar-refractivity contribution < 1.29 is 31.8 Å². The Bertz CT molecular complexity index is 1250. The summed E-state index contributed by atoms with van der Waals surface area (Å²) in [7, 11) is -4.87. The third kappa shape index (κ3) is 6.21. The van der Waals surface area contributed by atoms with E-state index in [9.17, 15) is 27.1 Å². The van der Waals surface area contributed by atoms with Gasteiger partial charge in [0.1, 0.15) is 5.69 Å². The number of aliphatic hydroxyl groups excluding tert-OH is 1. The molecule has 2 heterocycles. The summed E-state index contributed by atoms with van der Waals surface area (Å²) in [6.07, 6.45) is 3.32. The van der Waals surface area contributed by atoms with Crippen LogP contribution in [0.25, 0.3) is 10.6 Å². The zero-order chi connectivity index (χ0) is 24.9. The molecule has 0 spiro atoms. The predicted octanol–water partition coefficient (Wildman–Crippen LogP) is 2.82. The number of alkyl halides is 2. The number of rotatable bonds is 10. The van der Waals surface area contributed by atoms with Gasteiger partial charge in [0.2, 0.25) is 5.88 Å². The van der Waals surface area contributed by atoms with Crippen molar-refractivity contribution in [3.63, 3.8) is 0 Å². The van der Waals surface area contributed by atoms with Crippen LogP contribution in [0, 0.1) is 0 Å². The molecule has 0 aliphatic heterocycles. The van der Waals surface area contributed by atoms with E-state index in [0.717, 1.165) is 11.3 Å². The van der Waals surface area contributed by atoms with Gasteiger partial charge in [-0.25, -0.2) is 18.4 Å². The fourth-order valence-corrected chi connectivity index (χ4v) is 4.19. The second-order valence-corrected chi connectivity index (χ2v) is 9.61. The van der Waals surface area contributed by atoms with Crippen molar-refractivity contribution in [1.29, 1.82) is 0 Å². The van der Waals surface area contributed by atoms with E-state index in [-0.39, 0.29) is 10.7 Å². The Morgan fingerprint density at radius 1 is 1.26 bits per heavy atom. The van der Waals surface area contributed by atoms with Gasteiger partial charge in [-0.3, -0.25) is 14.5 Å². The Labute approximate surface area is 198 Å². The van der Waals surface area contributed by atoms with E-state index in [4.69, 9.17) is 4.74 Å². The van der Waals surface area contributed by atoms with Crippen molar-refractivity contribution in [2.45, 2.75) is 31.8 Å². The molecule has 0 bridgehead atoms. The van der Waals surface area contributed by atoms with Gasteiger partial charge < -0.3 is 15.2 Å². The Morgan fingerprint density at radius 3 is 2.71 bits per heavy atom. The lowest BCUT2D eigenvalue weighted by atomic mass is 10.0. The highest BCUT2D eigenvalue weighted by atomic mass is 32.2. The maximum Gasteiger partial charge on any atom is 0.355 e. The summed E-state index contributed by atoms with van der Waals surface area (Å²) in [5.74, 6) is -3.88. The van der Waals surface area contributed by atoms with Crippen molar-refractivity contribution in [2.24, 2.45) is 0 Å². The average molecular weight is 514 g/mol. The molecule has 182 valence electrons. The molecule has 34 heavy (non-hydrogen) atoms. The monoisotopic (exact) mass is 513 g/mol. The molecule has 0 saturated heterocycles. The average Bonchev–Trinajstić information content (AvgIpc) is 3.28. The first-order chi connectivity index (χ1) is 16.1. The lowest BCUT2D eigenvalue weighted by Gasteiger charge is -2.22.